The first-order valence-electron chi connectivity index (χ1n) is 8.60. The van der Waals surface area contributed by atoms with Gasteiger partial charge >= 0.3 is 0 Å². The standard InChI is InChI=1S/C18H27NO9/c1-18(2,27)16(25)10-3-5-11(6-4-10)28-8-7-19-17(26)15(24)14(23)13(22)12(21)9-20/h3-6,12-15,20-24,27H,7-9H2,1-2H3,(H,19,26)/t12-,13-,14+,15-/m1/s1. The highest BCUT2D eigenvalue weighted by Gasteiger charge is 2.34. The lowest BCUT2D eigenvalue weighted by atomic mass is 9.97. The number of hydrogen-bond donors (Lipinski definition) is 7. The molecule has 0 bridgehead atoms. The molecule has 0 spiro atoms. The van der Waals surface area contributed by atoms with E-state index < -0.39 is 48.3 Å². The number of carbonyl (C=O) groups excluding carboxylic acids is 2. The average Bonchev–Trinajstić information content (AvgIpc) is 2.67. The second-order valence-corrected chi connectivity index (χ2v) is 6.73. The van der Waals surface area contributed by atoms with Gasteiger partial charge in [-0.1, -0.05) is 0 Å². The van der Waals surface area contributed by atoms with Gasteiger partial charge in [-0.15, -0.1) is 0 Å². The van der Waals surface area contributed by atoms with Crippen molar-refractivity contribution in [1.29, 1.82) is 0 Å². The molecule has 4 atom stereocenters. The fourth-order valence-electron chi connectivity index (χ4n) is 2.18. The van der Waals surface area contributed by atoms with Crippen LogP contribution in [0.15, 0.2) is 24.3 Å². The molecule has 0 aliphatic rings. The Morgan fingerprint density at radius 3 is 2.14 bits per heavy atom. The molecule has 28 heavy (non-hydrogen) atoms. The number of benzene rings is 1. The molecular weight excluding hydrogens is 374 g/mol. The van der Waals surface area contributed by atoms with Gasteiger partial charge < -0.3 is 40.7 Å². The molecule has 1 rings (SSSR count). The summed E-state index contributed by atoms with van der Waals surface area (Å²) in [6, 6.07) is 6.02. The van der Waals surface area contributed by atoms with Gasteiger partial charge in [0.15, 0.2) is 11.9 Å². The van der Waals surface area contributed by atoms with Crippen molar-refractivity contribution < 1.29 is 45.0 Å². The van der Waals surface area contributed by atoms with Gasteiger partial charge in [-0.05, 0) is 38.1 Å². The Balaban J connectivity index is 2.44. The summed E-state index contributed by atoms with van der Waals surface area (Å²) in [5.41, 5.74) is -1.17. The van der Waals surface area contributed by atoms with Crippen molar-refractivity contribution in [3.63, 3.8) is 0 Å². The Bertz CT molecular complexity index is 641. The molecule has 0 aliphatic carbocycles. The number of ether oxygens (including phenoxy) is 1. The lowest BCUT2D eigenvalue weighted by molar-refractivity contribution is -0.149. The van der Waals surface area contributed by atoms with Crippen molar-refractivity contribution in [3.05, 3.63) is 29.8 Å². The van der Waals surface area contributed by atoms with E-state index in [4.69, 9.17) is 9.84 Å². The maximum atomic E-state index is 11.9. The van der Waals surface area contributed by atoms with Gasteiger partial charge in [0.2, 0.25) is 0 Å². The van der Waals surface area contributed by atoms with Crippen molar-refractivity contribution in [2.75, 3.05) is 19.8 Å². The van der Waals surface area contributed by atoms with Crippen LogP contribution in [-0.2, 0) is 4.79 Å². The molecule has 10 nitrogen and oxygen atoms in total. The molecule has 10 heteroatoms. The number of rotatable bonds is 11. The van der Waals surface area contributed by atoms with Gasteiger partial charge in [-0.25, -0.2) is 0 Å². The number of aliphatic hydroxyl groups is 6. The summed E-state index contributed by atoms with van der Waals surface area (Å²) in [5.74, 6) is -1.03. The van der Waals surface area contributed by atoms with Gasteiger partial charge in [-0.3, -0.25) is 9.59 Å². The van der Waals surface area contributed by atoms with Crippen LogP contribution in [-0.4, -0.2) is 92.1 Å². The summed E-state index contributed by atoms with van der Waals surface area (Å²) in [5, 5.41) is 58.6. The first kappa shape index (κ1) is 24.0. The smallest absolute Gasteiger partial charge is 0.251 e. The third-order valence-electron chi connectivity index (χ3n) is 3.87. The zero-order valence-corrected chi connectivity index (χ0v) is 15.6. The molecule has 1 aromatic carbocycles. The van der Waals surface area contributed by atoms with E-state index in [-0.39, 0.29) is 13.2 Å². The van der Waals surface area contributed by atoms with Crippen molar-refractivity contribution in [3.8, 4) is 5.75 Å². The van der Waals surface area contributed by atoms with Crippen molar-refractivity contribution in [1.82, 2.24) is 5.32 Å². The molecule has 0 radical (unpaired) electrons. The predicted octanol–water partition coefficient (Wildman–Crippen LogP) is -2.43. The lowest BCUT2D eigenvalue weighted by Gasteiger charge is -2.24. The Morgan fingerprint density at radius 1 is 1.07 bits per heavy atom. The van der Waals surface area contributed by atoms with E-state index in [1.54, 1.807) is 0 Å². The number of nitrogens with one attached hydrogen (secondary N) is 1. The minimum Gasteiger partial charge on any atom is -0.492 e. The van der Waals surface area contributed by atoms with Gasteiger partial charge in [0.05, 0.1) is 13.2 Å². The summed E-state index contributed by atoms with van der Waals surface area (Å²) in [4.78, 5) is 23.6. The van der Waals surface area contributed by atoms with E-state index in [9.17, 15) is 35.1 Å². The van der Waals surface area contributed by atoms with Gasteiger partial charge in [-0.2, -0.15) is 0 Å². The van der Waals surface area contributed by atoms with Crippen LogP contribution in [0.2, 0.25) is 0 Å². The minimum atomic E-state index is -2.01. The number of ketones is 1. The zero-order chi connectivity index (χ0) is 21.5. The molecule has 0 unspecified atom stereocenters. The highest BCUT2D eigenvalue weighted by atomic mass is 16.5. The highest BCUT2D eigenvalue weighted by Crippen LogP contribution is 2.17. The van der Waals surface area contributed by atoms with Gasteiger partial charge in [0, 0.05) is 5.56 Å². The molecule has 1 aromatic rings. The zero-order valence-electron chi connectivity index (χ0n) is 15.6. The number of hydrogen-bond acceptors (Lipinski definition) is 9. The number of amides is 1. The second kappa shape index (κ2) is 10.5. The van der Waals surface area contributed by atoms with Gasteiger partial charge in [0.25, 0.3) is 5.91 Å². The Kier molecular flexibility index (Phi) is 8.95. The summed E-state index contributed by atoms with van der Waals surface area (Å²) < 4.78 is 5.36. The molecule has 0 heterocycles. The summed E-state index contributed by atoms with van der Waals surface area (Å²) in [7, 11) is 0. The lowest BCUT2D eigenvalue weighted by Crippen LogP contribution is -2.52. The monoisotopic (exact) mass is 401 g/mol. The second-order valence-electron chi connectivity index (χ2n) is 6.73. The van der Waals surface area contributed by atoms with Crippen LogP contribution in [0.4, 0.5) is 0 Å². The SMILES string of the molecule is CC(C)(O)C(=O)c1ccc(OCCNC(=O)[C@H](O)[C@@H](O)[C@H](O)[C@H](O)CO)cc1. The normalized spacial score (nSPS) is 16.0. The van der Waals surface area contributed by atoms with E-state index in [0.29, 0.717) is 11.3 Å². The summed E-state index contributed by atoms with van der Waals surface area (Å²) >= 11 is 0. The van der Waals surface area contributed by atoms with E-state index in [1.807, 2.05) is 0 Å². The maximum Gasteiger partial charge on any atom is 0.251 e. The fourth-order valence-corrected chi connectivity index (χ4v) is 2.18. The molecular formula is C18H27NO9. The third-order valence-corrected chi connectivity index (χ3v) is 3.87. The van der Waals surface area contributed by atoms with E-state index in [0.717, 1.165) is 0 Å². The van der Waals surface area contributed by atoms with Crippen LogP contribution in [0, 0.1) is 0 Å². The molecule has 0 fully saturated rings. The van der Waals surface area contributed by atoms with E-state index in [1.165, 1.54) is 38.1 Å². The maximum absolute atomic E-state index is 11.9. The largest absolute Gasteiger partial charge is 0.492 e. The molecule has 0 aromatic heterocycles. The topological polar surface area (TPSA) is 177 Å². The highest BCUT2D eigenvalue weighted by molar-refractivity contribution is 6.01. The molecule has 0 saturated heterocycles. The van der Waals surface area contributed by atoms with Crippen LogP contribution in [0.3, 0.4) is 0 Å². The Labute approximate surface area is 162 Å². The molecule has 158 valence electrons. The quantitative estimate of drug-likeness (QED) is 0.157. The number of carbonyl (C=O) groups is 2. The van der Waals surface area contributed by atoms with E-state index in [2.05, 4.69) is 5.32 Å². The molecule has 0 aliphatic heterocycles. The molecule has 7 N–H and O–H groups in total. The van der Waals surface area contributed by atoms with Crippen LogP contribution in [0.1, 0.15) is 24.2 Å². The van der Waals surface area contributed by atoms with Crippen LogP contribution >= 0.6 is 0 Å². The van der Waals surface area contributed by atoms with Crippen molar-refractivity contribution in [2.24, 2.45) is 0 Å². The molecule has 0 saturated carbocycles. The third kappa shape index (κ3) is 6.82. The first-order chi connectivity index (χ1) is 13.0. The predicted molar refractivity (Wildman–Crippen MR) is 96.7 cm³/mol. The van der Waals surface area contributed by atoms with Crippen molar-refractivity contribution >= 4 is 11.7 Å². The van der Waals surface area contributed by atoms with Crippen LogP contribution < -0.4 is 10.1 Å². The van der Waals surface area contributed by atoms with Gasteiger partial charge in [0.1, 0.15) is 36.3 Å². The average molecular weight is 401 g/mol. The van der Waals surface area contributed by atoms with Crippen LogP contribution in [0.25, 0.3) is 0 Å². The summed E-state index contributed by atoms with van der Waals surface area (Å²) in [6.07, 6.45) is -7.59. The van der Waals surface area contributed by atoms with E-state index >= 15 is 0 Å². The Morgan fingerprint density at radius 2 is 1.64 bits per heavy atom. The summed E-state index contributed by atoms with van der Waals surface area (Å²) in [6.45, 7) is 1.90. The number of Topliss-reactive ketones (excluding diaryl/α,β-unsaturated/α-hetero) is 1. The Hall–Kier alpha value is -2.08. The molecule has 1 amide bonds. The minimum absolute atomic E-state index is 0.00909. The number of aliphatic hydroxyl groups excluding tert-OH is 5. The van der Waals surface area contributed by atoms with Crippen molar-refractivity contribution in [2.45, 2.75) is 43.9 Å². The van der Waals surface area contributed by atoms with Crippen LogP contribution in [0.5, 0.6) is 5.75 Å². The fraction of sp³-hybridized carbons (Fsp3) is 0.556. The first-order valence-corrected chi connectivity index (χ1v) is 8.60.